The lowest BCUT2D eigenvalue weighted by molar-refractivity contribution is -0.141. The number of nitrogens with zero attached hydrogens (tertiary/aromatic N) is 10. The number of piperazine rings is 1. The van der Waals surface area contributed by atoms with Gasteiger partial charge in [-0.3, -0.25) is 19.1 Å². The molecule has 15 nitrogen and oxygen atoms in total. The fraction of sp³-hybridized carbons (Fsp3) is 0.611. The first-order valence-corrected chi connectivity index (χ1v) is 18.6. The average molecular weight is 696 g/mol. The van der Waals surface area contributed by atoms with Gasteiger partial charge in [0.1, 0.15) is 18.6 Å². The maximum Gasteiger partial charge on any atom is 0.276 e. The summed E-state index contributed by atoms with van der Waals surface area (Å²) in [5.74, 6) is 1.63. The van der Waals surface area contributed by atoms with Crippen LogP contribution >= 0.6 is 0 Å². The predicted octanol–water partition coefficient (Wildman–Crippen LogP) is 2.91. The van der Waals surface area contributed by atoms with Crippen LogP contribution in [-0.2, 0) is 17.8 Å². The summed E-state index contributed by atoms with van der Waals surface area (Å²) in [7, 11) is 0. The van der Waals surface area contributed by atoms with Crippen LogP contribution in [-0.4, -0.2) is 91.8 Å². The number of carbonyl (C=O) groups is 2. The van der Waals surface area contributed by atoms with Gasteiger partial charge in [0, 0.05) is 42.6 Å². The molecule has 1 aliphatic heterocycles. The van der Waals surface area contributed by atoms with E-state index < -0.39 is 0 Å². The summed E-state index contributed by atoms with van der Waals surface area (Å²) in [5.41, 5.74) is 1.76. The highest BCUT2D eigenvalue weighted by Crippen LogP contribution is 2.59. The molecular weight excluding hydrogens is 650 g/mol. The Labute approximate surface area is 295 Å². The largest absolute Gasteiger partial charge is 0.504 e. The Bertz CT molecular complexity index is 2130. The van der Waals surface area contributed by atoms with Crippen molar-refractivity contribution in [1.29, 1.82) is 0 Å². The first-order chi connectivity index (χ1) is 24.6. The molecular formula is C36H45N11O4. The lowest BCUT2D eigenvalue weighted by Gasteiger charge is -2.64. The van der Waals surface area contributed by atoms with Gasteiger partial charge in [-0.15, -0.1) is 15.0 Å². The van der Waals surface area contributed by atoms with Crippen molar-refractivity contribution in [2.75, 3.05) is 18.0 Å². The standard InChI is InChI=1S/C36H45N11O4/c1-5-24-31(43-14-15-44(26-9-8-25(26)43)35(51)30-32(49)20(4)37-18-38-30)33(50)29-34(42-47(41-29)27-11-13-46(40-27)21-6-7-21)45(24)17-28(48)39-36-12-10-23(36)22(16-36)19(2)3/h11,13,18-19,21-23,25-26,49H,5-10,12,14-17H2,1-4H3,(H,39,48)/t22?,23?,25?,26-,36?/m0/s1. The summed E-state index contributed by atoms with van der Waals surface area (Å²) in [6.07, 6.45) is 10.6. The van der Waals surface area contributed by atoms with Gasteiger partial charge in [0.2, 0.25) is 11.3 Å². The molecule has 1 saturated heterocycles. The molecule has 15 heteroatoms. The van der Waals surface area contributed by atoms with Gasteiger partial charge >= 0.3 is 0 Å². The van der Waals surface area contributed by atoms with Gasteiger partial charge in [-0.1, -0.05) is 20.8 Å². The van der Waals surface area contributed by atoms with Crippen molar-refractivity contribution < 1.29 is 14.7 Å². The van der Waals surface area contributed by atoms with Crippen molar-refractivity contribution in [3.05, 3.63) is 45.9 Å². The molecule has 4 aliphatic carbocycles. The van der Waals surface area contributed by atoms with Gasteiger partial charge < -0.3 is 24.8 Å². The molecule has 0 aromatic carbocycles. The Morgan fingerprint density at radius 1 is 1.06 bits per heavy atom. The fourth-order valence-electron chi connectivity index (χ4n) is 9.37. The van der Waals surface area contributed by atoms with Gasteiger partial charge in [0.25, 0.3) is 5.91 Å². The van der Waals surface area contributed by atoms with Crippen LogP contribution in [0.25, 0.3) is 17.0 Å². The van der Waals surface area contributed by atoms with E-state index in [9.17, 15) is 19.5 Å². The molecule has 5 fully saturated rings. The zero-order chi connectivity index (χ0) is 35.3. The van der Waals surface area contributed by atoms with Crippen LogP contribution in [0, 0.1) is 24.7 Å². The molecule has 4 aromatic heterocycles. The zero-order valence-electron chi connectivity index (χ0n) is 29.6. The topological polar surface area (TPSA) is 169 Å². The van der Waals surface area contributed by atoms with E-state index in [4.69, 9.17) is 15.3 Å². The van der Waals surface area contributed by atoms with Crippen LogP contribution in [0.2, 0.25) is 0 Å². The second-order valence-corrected chi connectivity index (χ2v) is 15.6. The van der Waals surface area contributed by atoms with E-state index in [1.165, 1.54) is 11.1 Å². The monoisotopic (exact) mass is 695 g/mol. The SMILES string of the molecule is CCc1c(N2CCN(C(=O)c3ncnc(C)c3O)[C@H]3CCC32)c(=O)c2nn(-c3ccn(C4CC4)n3)nc2n1CC(=O)NC12CCC1C(C(C)C)C2. The maximum absolute atomic E-state index is 14.6. The zero-order valence-corrected chi connectivity index (χ0v) is 29.6. The Kier molecular flexibility index (Phi) is 7.31. The molecule has 0 bridgehead atoms. The Balaban J connectivity index is 1.08. The molecule has 0 radical (unpaired) electrons. The highest BCUT2D eigenvalue weighted by atomic mass is 16.3. The summed E-state index contributed by atoms with van der Waals surface area (Å²) in [5, 5.41) is 28.3. The summed E-state index contributed by atoms with van der Waals surface area (Å²) < 4.78 is 3.81. The first-order valence-electron chi connectivity index (χ1n) is 18.6. The fourth-order valence-corrected chi connectivity index (χ4v) is 9.37. The number of aryl methyl sites for hydroxylation is 1. The van der Waals surface area contributed by atoms with E-state index in [-0.39, 0.29) is 58.4 Å². The van der Waals surface area contributed by atoms with Crippen molar-refractivity contribution in [3.8, 4) is 11.6 Å². The average Bonchev–Trinajstić information content (AvgIpc) is 3.63. The minimum Gasteiger partial charge on any atom is -0.504 e. The number of hydrogen-bond donors (Lipinski definition) is 2. The Morgan fingerprint density at radius 3 is 2.53 bits per heavy atom. The number of rotatable bonds is 9. The Morgan fingerprint density at radius 2 is 1.86 bits per heavy atom. The third kappa shape index (κ3) is 4.90. The first kappa shape index (κ1) is 32.1. The van der Waals surface area contributed by atoms with Gasteiger partial charge in [-0.2, -0.15) is 5.10 Å². The summed E-state index contributed by atoms with van der Waals surface area (Å²) >= 11 is 0. The number of aromatic nitrogens is 8. The van der Waals surface area contributed by atoms with Crippen molar-refractivity contribution in [1.82, 2.24) is 49.5 Å². The third-order valence-corrected chi connectivity index (χ3v) is 12.6. The molecule has 268 valence electrons. The van der Waals surface area contributed by atoms with E-state index in [2.05, 4.69) is 34.0 Å². The van der Waals surface area contributed by atoms with Gasteiger partial charge in [0.15, 0.2) is 28.4 Å². The van der Waals surface area contributed by atoms with E-state index in [1.54, 1.807) is 11.8 Å². The minimum absolute atomic E-state index is 0.00859. The number of hydrogen-bond acceptors (Lipinski definition) is 10. The van der Waals surface area contributed by atoms with E-state index in [0.29, 0.717) is 66.2 Å². The van der Waals surface area contributed by atoms with Crippen molar-refractivity contribution in [2.45, 2.75) is 109 Å². The molecule has 5 aliphatic rings. The second-order valence-electron chi connectivity index (χ2n) is 15.6. The van der Waals surface area contributed by atoms with Crippen LogP contribution < -0.4 is 15.6 Å². The maximum atomic E-state index is 14.6. The molecule has 2 amide bonds. The Hall–Kier alpha value is -4.82. The summed E-state index contributed by atoms with van der Waals surface area (Å²) in [4.78, 5) is 55.7. The minimum atomic E-state index is -0.342. The van der Waals surface area contributed by atoms with E-state index in [1.807, 2.05) is 28.4 Å². The van der Waals surface area contributed by atoms with Crippen LogP contribution in [0.5, 0.6) is 5.75 Å². The summed E-state index contributed by atoms with van der Waals surface area (Å²) in [6, 6.07) is 1.95. The van der Waals surface area contributed by atoms with Gasteiger partial charge in [-0.05, 0) is 76.0 Å². The van der Waals surface area contributed by atoms with Crippen LogP contribution in [0.1, 0.15) is 93.6 Å². The lowest BCUT2D eigenvalue weighted by atomic mass is 9.45. The molecule has 5 heterocycles. The smallest absolute Gasteiger partial charge is 0.276 e. The molecule has 5 atom stereocenters. The predicted molar refractivity (Wildman–Crippen MR) is 187 cm³/mol. The van der Waals surface area contributed by atoms with E-state index >= 15 is 0 Å². The molecule has 4 aromatic rings. The van der Waals surface area contributed by atoms with Crippen LogP contribution in [0.3, 0.4) is 0 Å². The lowest BCUT2D eigenvalue weighted by Crippen LogP contribution is -2.71. The molecule has 4 saturated carbocycles. The van der Waals surface area contributed by atoms with Gasteiger partial charge in [0.05, 0.1) is 17.8 Å². The molecule has 2 N–H and O–H groups in total. The van der Waals surface area contributed by atoms with Crippen molar-refractivity contribution in [3.63, 3.8) is 0 Å². The van der Waals surface area contributed by atoms with Crippen molar-refractivity contribution in [2.24, 2.45) is 17.8 Å². The highest BCUT2D eigenvalue weighted by molar-refractivity contribution is 5.95. The molecule has 51 heavy (non-hydrogen) atoms. The second kappa shape index (κ2) is 11.6. The highest BCUT2D eigenvalue weighted by Gasteiger charge is 2.61. The van der Waals surface area contributed by atoms with Crippen LogP contribution in [0.15, 0.2) is 23.4 Å². The summed E-state index contributed by atoms with van der Waals surface area (Å²) in [6.45, 7) is 8.93. The number of carbonyl (C=O) groups excluding carboxylic acids is 2. The number of fused-ring (bicyclic) bond motifs is 3. The van der Waals surface area contributed by atoms with Gasteiger partial charge in [-0.25, -0.2) is 9.97 Å². The molecule has 0 spiro atoms. The number of nitrogens with one attached hydrogen (secondary N) is 1. The number of aromatic hydroxyl groups is 1. The number of anilines is 1. The molecule has 9 rings (SSSR count). The number of amides is 2. The quantitative estimate of drug-likeness (QED) is 0.266. The van der Waals surface area contributed by atoms with E-state index in [0.717, 1.165) is 50.6 Å². The number of pyridine rings is 1. The third-order valence-electron chi connectivity index (χ3n) is 12.6. The normalized spacial score (nSPS) is 26.7. The van der Waals surface area contributed by atoms with Crippen LogP contribution in [0.4, 0.5) is 5.69 Å². The van der Waals surface area contributed by atoms with Crippen molar-refractivity contribution >= 4 is 28.7 Å². The molecule has 4 unspecified atom stereocenters.